The van der Waals surface area contributed by atoms with Crippen LogP contribution < -0.4 is 5.32 Å². The second kappa shape index (κ2) is 7.93. The van der Waals surface area contributed by atoms with Crippen LogP contribution in [0.4, 0.5) is 0 Å². The van der Waals surface area contributed by atoms with Gasteiger partial charge in [-0.2, -0.15) is 0 Å². The number of hydrogen-bond acceptors (Lipinski definition) is 3. The minimum atomic E-state index is -3.11. The van der Waals surface area contributed by atoms with Crippen LogP contribution in [0.3, 0.4) is 0 Å². The third-order valence-corrected chi connectivity index (χ3v) is 5.66. The van der Waals surface area contributed by atoms with Crippen LogP contribution >= 0.6 is 0 Å². The van der Waals surface area contributed by atoms with E-state index in [9.17, 15) is 13.2 Å². The second-order valence-electron chi connectivity index (χ2n) is 6.17. The molecular weight excluding hydrogens is 312 g/mol. The van der Waals surface area contributed by atoms with Crippen LogP contribution in [0.25, 0.3) is 0 Å². The van der Waals surface area contributed by atoms with Crippen LogP contribution in [0, 0.1) is 0 Å². The van der Waals surface area contributed by atoms with Gasteiger partial charge in [0.25, 0.3) is 0 Å². The van der Waals surface area contributed by atoms with E-state index in [-0.39, 0.29) is 11.9 Å². The molecule has 0 unspecified atom stereocenters. The van der Waals surface area contributed by atoms with E-state index in [1.807, 2.05) is 0 Å². The third kappa shape index (κ3) is 5.62. The smallest absolute Gasteiger partial charge is 0.220 e. The number of piperidine rings is 1. The molecule has 23 heavy (non-hydrogen) atoms. The Morgan fingerprint density at radius 2 is 1.74 bits per heavy atom. The average molecular weight is 338 g/mol. The van der Waals surface area contributed by atoms with E-state index in [1.165, 1.54) is 21.7 Å². The molecule has 1 aromatic rings. The molecule has 2 rings (SSSR count). The normalized spacial score (nSPS) is 17.1. The molecule has 1 saturated heterocycles. The summed E-state index contributed by atoms with van der Waals surface area (Å²) in [5, 5.41) is 3.02. The number of amides is 1. The van der Waals surface area contributed by atoms with Crippen molar-refractivity contribution < 1.29 is 13.2 Å². The van der Waals surface area contributed by atoms with Gasteiger partial charge in [0.1, 0.15) is 0 Å². The largest absolute Gasteiger partial charge is 0.353 e. The Bertz CT molecular complexity index is 618. The van der Waals surface area contributed by atoms with E-state index in [4.69, 9.17) is 0 Å². The molecule has 1 aromatic carbocycles. The molecule has 0 saturated carbocycles. The van der Waals surface area contributed by atoms with Crippen molar-refractivity contribution in [1.29, 1.82) is 0 Å². The van der Waals surface area contributed by atoms with E-state index in [0.717, 1.165) is 12.8 Å². The zero-order valence-electron chi connectivity index (χ0n) is 13.9. The molecule has 5 nitrogen and oxygen atoms in total. The standard InChI is InChI=1S/C17H26N2O3S/c1-3-14-4-6-15(7-5-14)8-9-17(20)18-16-10-12-19(13-11-16)23(2,21)22/h4-7,16H,3,8-13H2,1-2H3,(H,18,20). The van der Waals surface area contributed by atoms with Crippen LogP contribution in [0.15, 0.2) is 24.3 Å². The second-order valence-corrected chi connectivity index (χ2v) is 8.16. The highest BCUT2D eigenvalue weighted by Crippen LogP contribution is 2.13. The van der Waals surface area contributed by atoms with Crippen molar-refractivity contribution >= 4 is 15.9 Å². The molecule has 6 heteroatoms. The summed E-state index contributed by atoms with van der Waals surface area (Å²) in [5.41, 5.74) is 2.47. The first-order valence-corrected chi connectivity index (χ1v) is 10.1. The number of hydrogen-bond donors (Lipinski definition) is 1. The van der Waals surface area contributed by atoms with Gasteiger partial charge in [-0.05, 0) is 36.8 Å². The minimum Gasteiger partial charge on any atom is -0.353 e. The molecule has 1 fully saturated rings. The highest BCUT2D eigenvalue weighted by Gasteiger charge is 2.25. The molecule has 1 heterocycles. The summed E-state index contributed by atoms with van der Waals surface area (Å²) in [6, 6.07) is 8.46. The maximum absolute atomic E-state index is 12.0. The Morgan fingerprint density at radius 1 is 1.17 bits per heavy atom. The third-order valence-electron chi connectivity index (χ3n) is 4.36. The van der Waals surface area contributed by atoms with Crippen LogP contribution in [0.5, 0.6) is 0 Å². The molecule has 0 bridgehead atoms. The minimum absolute atomic E-state index is 0.0439. The van der Waals surface area contributed by atoms with Gasteiger partial charge in [0, 0.05) is 25.6 Å². The lowest BCUT2D eigenvalue weighted by Gasteiger charge is -2.30. The quantitative estimate of drug-likeness (QED) is 0.859. The molecular formula is C17H26N2O3S. The van der Waals surface area contributed by atoms with Crippen molar-refractivity contribution in [2.75, 3.05) is 19.3 Å². The van der Waals surface area contributed by atoms with Crippen molar-refractivity contribution in [3.63, 3.8) is 0 Å². The van der Waals surface area contributed by atoms with Gasteiger partial charge in [0.2, 0.25) is 15.9 Å². The lowest BCUT2D eigenvalue weighted by molar-refractivity contribution is -0.122. The van der Waals surface area contributed by atoms with Gasteiger partial charge in [0.05, 0.1) is 6.26 Å². The Kier molecular flexibility index (Phi) is 6.18. The fourth-order valence-electron chi connectivity index (χ4n) is 2.83. The average Bonchev–Trinajstić information content (AvgIpc) is 2.53. The van der Waals surface area contributed by atoms with Gasteiger partial charge >= 0.3 is 0 Å². The Labute approximate surface area is 139 Å². The van der Waals surface area contributed by atoms with Crippen molar-refractivity contribution in [2.24, 2.45) is 0 Å². The highest BCUT2D eigenvalue weighted by atomic mass is 32.2. The van der Waals surface area contributed by atoms with Crippen LogP contribution in [0.1, 0.15) is 37.3 Å². The number of nitrogens with zero attached hydrogens (tertiary/aromatic N) is 1. The van der Waals surface area contributed by atoms with Gasteiger partial charge in [-0.15, -0.1) is 0 Å². The zero-order valence-corrected chi connectivity index (χ0v) is 14.7. The number of benzene rings is 1. The number of carbonyl (C=O) groups excluding carboxylic acids is 1. The molecule has 0 aliphatic carbocycles. The molecule has 1 aliphatic heterocycles. The number of sulfonamides is 1. The summed E-state index contributed by atoms with van der Waals surface area (Å²) in [6.45, 7) is 3.10. The van der Waals surface area contributed by atoms with Gasteiger partial charge in [0.15, 0.2) is 0 Å². The van der Waals surface area contributed by atoms with E-state index in [0.29, 0.717) is 32.4 Å². The summed E-state index contributed by atoms with van der Waals surface area (Å²) < 4.78 is 24.4. The first-order chi connectivity index (χ1) is 10.9. The van der Waals surface area contributed by atoms with Crippen LogP contribution in [-0.4, -0.2) is 44.0 Å². The van der Waals surface area contributed by atoms with Crippen molar-refractivity contribution in [1.82, 2.24) is 9.62 Å². The fraction of sp³-hybridized carbons (Fsp3) is 0.588. The molecule has 0 radical (unpaired) electrons. The van der Waals surface area contributed by atoms with Gasteiger partial charge in [-0.25, -0.2) is 12.7 Å². The highest BCUT2D eigenvalue weighted by molar-refractivity contribution is 7.88. The molecule has 128 valence electrons. The molecule has 1 amide bonds. The van der Waals surface area contributed by atoms with Crippen LogP contribution in [0.2, 0.25) is 0 Å². The number of aryl methyl sites for hydroxylation is 2. The van der Waals surface area contributed by atoms with Crippen LogP contribution in [-0.2, 0) is 27.7 Å². The Balaban J connectivity index is 1.73. The van der Waals surface area contributed by atoms with Crippen molar-refractivity contribution in [3.05, 3.63) is 35.4 Å². The predicted molar refractivity (Wildman–Crippen MR) is 91.7 cm³/mol. The Hall–Kier alpha value is -1.40. The van der Waals surface area contributed by atoms with E-state index in [1.54, 1.807) is 0 Å². The first kappa shape index (κ1) is 17.9. The van der Waals surface area contributed by atoms with Gasteiger partial charge in [-0.1, -0.05) is 31.2 Å². The van der Waals surface area contributed by atoms with Crippen molar-refractivity contribution in [2.45, 2.75) is 45.1 Å². The van der Waals surface area contributed by atoms with E-state index < -0.39 is 10.0 Å². The van der Waals surface area contributed by atoms with E-state index >= 15 is 0 Å². The summed E-state index contributed by atoms with van der Waals surface area (Å²) in [4.78, 5) is 12.0. The maximum Gasteiger partial charge on any atom is 0.220 e. The lowest BCUT2D eigenvalue weighted by Crippen LogP contribution is -2.46. The summed E-state index contributed by atoms with van der Waals surface area (Å²) in [7, 11) is -3.11. The summed E-state index contributed by atoms with van der Waals surface area (Å²) in [5.74, 6) is 0.0439. The first-order valence-electron chi connectivity index (χ1n) is 8.21. The van der Waals surface area contributed by atoms with Gasteiger partial charge in [-0.3, -0.25) is 4.79 Å². The predicted octanol–water partition coefficient (Wildman–Crippen LogP) is 1.72. The SMILES string of the molecule is CCc1ccc(CCC(=O)NC2CCN(S(C)(=O)=O)CC2)cc1. The Morgan fingerprint density at radius 3 is 2.26 bits per heavy atom. The number of rotatable bonds is 6. The van der Waals surface area contributed by atoms with Crippen molar-refractivity contribution in [3.8, 4) is 0 Å². The summed E-state index contributed by atoms with van der Waals surface area (Å²) >= 11 is 0. The lowest BCUT2D eigenvalue weighted by atomic mass is 10.0. The monoisotopic (exact) mass is 338 g/mol. The number of nitrogens with one attached hydrogen (secondary N) is 1. The zero-order chi connectivity index (χ0) is 16.9. The maximum atomic E-state index is 12.0. The topological polar surface area (TPSA) is 66.5 Å². The molecule has 0 aromatic heterocycles. The molecule has 0 spiro atoms. The number of carbonyl (C=O) groups is 1. The van der Waals surface area contributed by atoms with E-state index in [2.05, 4.69) is 36.5 Å². The molecule has 0 atom stereocenters. The van der Waals surface area contributed by atoms with Gasteiger partial charge < -0.3 is 5.32 Å². The summed E-state index contributed by atoms with van der Waals surface area (Å²) in [6.07, 6.45) is 4.83. The fourth-order valence-corrected chi connectivity index (χ4v) is 3.71. The molecule has 1 N–H and O–H groups in total. The molecule has 1 aliphatic rings.